The van der Waals surface area contributed by atoms with Gasteiger partial charge in [0.25, 0.3) is 0 Å². The smallest absolute Gasteiger partial charge is 0.133 e. The van der Waals surface area contributed by atoms with Crippen LogP contribution >= 0.6 is 15.9 Å². The zero-order chi connectivity index (χ0) is 11.5. The van der Waals surface area contributed by atoms with Crippen molar-refractivity contribution >= 4 is 15.9 Å². The van der Waals surface area contributed by atoms with E-state index in [1.165, 1.54) is 6.07 Å². The summed E-state index contributed by atoms with van der Waals surface area (Å²) in [6.07, 6.45) is 1.64. The molecule has 0 aliphatic heterocycles. The molecule has 0 unspecified atom stereocenters. The Hall–Kier alpha value is -1.20. The molecule has 1 aromatic heterocycles. The van der Waals surface area contributed by atoms with Crippen LogP contribution in [0.3, 0.4) is 0 Å². The van der Waals surface area contributed by atoms with Gasteiger partial charge < -0.3 is 10.3 Å². The van der Waals surface area contributed by atoms with Gasteiger partial charge in [-0.15, -0.1) is 0 Å². The summed E-state index contributed by atoms with van der Waals surface area (Å²) in [4.78, 5) is 7.21. The minimum absolute atomic E-state index is 0.269. The molecule has 0 aliphatic carbocycles. The molecule has 0 saturated carbocycles. The summed E-state index contributed by atoms with van der Waals surface area (Å²) in [6, 6.07) is 4.96. The number of aromatic amines is 1. The molecule has 0 fully saturated rings. The Bertz CT molecular complexity index is 496. The lowest BCUT2D eigenvalue weighted by Gasteiger charge is -2.00. The molecule has 84 valence electrons. The van der Waals surface area contributed by atoms with E-state index < -0.39 is 0 Å². The van der Waals surface area contributed by atoms with Crippen molar-refractivity contribution in [1.29, 1.82) is 0 Å². The van der Waals surface area contributed by atoms with Crippen LogP contribution in [0.5, 0.6) is 0 Å². The summed E-state index contributed by atoms with van der Waals surface area (Å²) in [5.74, 6) is 0.522. The van der Waals surface area contributed by atoms with Gasteiger partial charge in [0.2, 0.25) is 0 Å². The highest BCUT2D eigenvalue weighted by Crippen LogP contribution is 2.23. The van der Waals surface area contributed by atoms with Crippen molar-refractivity contribution < 1.29 is 4.39 Å². The van der Waals surface area contributed by atoms with Crippen molar-refractivity contribution in [3.8, 4) is 11.3 Å². The molecule has 1 heterocycles. The Kier molecular flexibility index (Phi) is 3.36. The minimum Gasteiger partial charge on any atom is -0.341 e. The number of imidazole rings is 1. The molecule has 5 heteroatoms. The minimum atomic E-state index is -0.269. The molecule has 0 saturated heterocycles. The van der Waals surface area contributed by atoms with Crippen LogP contribution in [0.15, 0.2) is 28.9 Å². The predicted molar refractivity (Wildman–Crippen MR) is 64.4 cm³/mol. The molecule has 2 N–H and O–H groups in total. The SMILES string of the molecule is CNCc1ncc(-c2ccc(Br)cc2F)[nH]1. The Morgan fingerprint density at radius 3 is 3.00 bits per heavy atom. The lowest BCUT2D eigenvalue weighted by molar-refractivity contribution is 0.630. The highest BCUT2D eigenvalue weighted by atomic mass is 79.9. The maximum absolute atomic E-state index is 13.6. The van der Waals surface area contributed by atoms with E-state index in [1.807, 2.05) is 7.05 Å². The van der Waals surface area contributed by atoms with Crippen molar-refractivity contribution in [3.63, 3.8) is 0 Å². The summed E-state index contributed by atoms with van der Waals surface area (Å²) in [7, 11) is 1.84. The summed E-state index contributed by atoms with van der Waals surface area (Å²) in [5.41, 5.74) is 1.22. The van der Waals surface area contributed by atoms with Crippen molar-refractivity contribution in [1.82, 2.24) is 15.3 Å². The number of benzene rings is 1. The standard InChI is InChI=1S/C11H11BrFN3/c1-14-6-11-15-5-10(16-11)8-3-2-7(12)4-9(8)13/h2-5,14H,6H2,1H3,(H,15,16). The van der Waals surface area contributed by atoms with Crippen LogP contribution in [0.25, 0.3) is 11.3 Å². The van der Waals surface area contributed by atoms with Crippen molar-refractivity contribution in [2.24, 2.45) is 0 Å². The van der Waals surface area contributed by atoms with Gasteiger partial charge in [0.05, 0.1) is 18.4 Å². The quantitative estimate of drug-likeness (QED) is 0.909. The zero-order valence-corrected chi connectivity index (χ0v) is 10.3. The van der Waals surface area contributed by atoms with Gasteiger partial charge in [-0.3, -0.25) is 0 Å². The van der Waals surface area contributed by atoms with E-state index in [-0.39, 0.29) is 5.82 Å². The normalized spacial score (nSPS) is 10.7. The first kappa shape index (κ1) is 11.3. The molecular formula is C11H11BrFN3. The summed E-state index contributed by atoms with van der Waals surface area (Å²) < 4.78 is 14.4. The first-order valence-electron chi connectivity index (χ1n) is 4.84. The molecule has 16 heavy (non-hydrogen) atoms. The van der Waals surface area contributed by atoms with Gasteiger partial charge in [-0.05, 0) is 25.2 Å². The summed E-state index contributed by atoms with van der Waals surface area (Å²) >= 11 is 3.22. The molecule has 0 amide bonds. The van der Waals surface area contributed by atoms with E-state index in [0.717, 1.165) is 10.3 Å². The lowest BCUT2D eigenvalue weighted by atomic mass is 10.1. The Balaban J connectivity index is 2.35. The molecule has 0 aliphatic rings. The van der Waals surface area contributed by atoms with E-state index in [4.69, 9.17) is 0 Å². The maximum atomic E-state index is 13.6. The van der Waals surface area contributed by atoms with Crippen LogP contribution in [-0.4, -0.2) is 17.0 Å². The van der Waals surface area contributed by atoms with E-state index in [1.54, 1.807) is 18.3 Å². The fourth-order valence-electron chi connectivity index (χ4n) is 1.46. The van der Waals surface area contributed by atoms with Crippen LogP contribution < -0.4 is 5.32 Å². The number of H-pyrrole nitrogens is 1. The third-order valence-corrected chi connectivity index (χ3v) is 2.69. The molecule has 0 atom stereocenters. The second-order valence-corrected chi connectivity index (χ2v) is 4.31. The number of rotatable bonds is 3. The van der Waals surface area contributed by atoms with Gasteiger partial charge in [-0.2, -0.15) is 0 Å². The summed E-state index contributed by atoms with van der Waals surface area (Å²) in [5, 5.41) is 2.98. The largest absolute Gasteiger partial charge is 0.341 e. The first-order valence-corrected chi connectivity index (χ1v) is 5.64. The average molecular weight is 284 g/mol. The fourth-order valence-corrected chi connectivity index (χ4v) is 1.80. The van der Waals surface area contributed by atoms with Gasteiger partial charge in [0.1, 0.15) is 11.6 Å². The highest BCUT2D eigenvalue weighted by molar-refractivity contribution is 9.10. The van der Waals surface area contributed by atoms with Crippen LogP contribution in [0.4, 0.5) is 4.39 Å². The Labute approximate surface area is 101 Å². The van der Waals surface area contributed by atoms with Gasteiger partial charge in [0.15, 0.2) is 0 Å². The second-order valence-electron chi connectivity index (χ2n) is 3.40. The molecule has 0 spiro atoms. The maximum Gasteiger partial charge on any atom is 0.133 e. The topological polar surface area (TPSA) is 40.7 Å². The monoisotopic (exact) mass is 283 g/mol. The fraction of sp³-hybridized carbons (Fsp3) is 0.182. The van der Waals surface area contributed by atoms with Gasteiger partial charge in [0, 0.05) is 10.0 Å². The molecular weight excluding hydrogens is 273 g/mol. The number of hydrogen-bond donors (Lipinski definition) is 2. The molecule has 1 aromatic carbocycles. The average Bonchev–Trinajstić information content (AvgIpc) is 2.67. The number of nitrogens with zero attached hydrogens (tertiary/aromatic N) is 1. The van der Waals surface area contributed by atoms with Crippen LogP contribution in [0, 0.1) is 5.82 Å². The number of nitrogens with one attached hydrogen (secondary N) is 2. The molecule has 2 aromatic rings. The van der Waals surface area contributed by atoms with Gasteiger partial charge in [-0.1, -0.05) is 15.9 Å². The van der Waals surface area contributed by atoms with E-state index >= 15 is 0 Å². The van der Waals surface area contributed by atoms with E-state index in [9.17, 15) is 4.39 Å². The van der Waals surface area contributed by atoms with Gasteiger partial charge >= 0.3 is 0 Å². The van der Waals surface area contributed by atoms with Crippen molar-refractivity contribution in [3.05, 3.63) is 40.5 Å². The Morgan fingerprint density at radius 2 is 2.31 bits per heavy atom. The number of aromatic nitrogens is 2. The molecule has 3 nitrogen and oxygen atoms in total. The van der Waals surface area contributed by atoms with Crippen LogP contribution in [0.1, 0.15) is 5.82 Å². The zero-order valence-electron chi connectivity index (χ0n) is 8.72. The first-order chi connectivity index (χ1) is 7.70. The third-order valence-electron chi connectivity index (χ3n) is 2.19. The molecule has 0 radical (unpaired) electrons. The number of halogens is 2. The van der Waals surface area contributed by atoms with Crippen molar-refractivity contribution in [2.75, 3.05) is 7.05 Å². The predicted octanol–water partition coefficient (Wildman–Crippen LogP) is 2.70. The van der Waals surface area contributed by atoms with Gasteiger partial charge in [-0.25, -0.2) is 9.37 Å². The van der Waals surface area contributed by atoms with E-state index in [2.05, 4.69) is 31.2 Å². The second kappa shape index (κ2) is 4.76. The van der Waals surface area contributed by atoms with Crippen molar-refractivity contribution in [2.45, 2.75) is 6.54 Å². The number of hydrogen-bond acceptors (Lipinski definition) is 2. The van der Waals surface area contributed by atoms with Crippen LogP contribution in [0.2, 0.25) is 0 Å². The van der Waals surface area contributed by atoms with E-state index in [0.29, 0.717) is 17.8 Å². The van der Waals surface area contributed by atoms with Crippen LogP contribution in [-0.2, 0) is 6.54 Å². The molecule has 0 bridgehead atoms. The third kappa shape index (κ3) is 2.31. The molecule has 2 rings (SSSR count). The Morgan fingerprint density at radius 1 is 1.50 bits per heavy atom. The lowest BCUT2D eigenvalue weighted by Crippen LogP contribution is -2.06. The highest BCUT2D eigenvalue weighted by Gasteiger charge is 2.08. The summed E-state index contributed by atoms with van der Waals surface area (Å²) in [6.45, 7) is 0.637.